The molecule has 0 amide bonds. The third-order valence-electron chi connectivity index (χ3n) is 2.06. The van der Waals surface area contributed by atoms with Gasteiger partial charge in [-0.2, -0.15) is 0 Å². The van der Waals surface area contributed by atoms with E-state index in [0.29, 0.717) is 5.66 Å². The molecule has 0 aromatic heterocycles. The zero-order valence-electron chi connectivity index (χ0n) is 6.77. The van der Waals surface area contributed by atoms with Crippen molar-refractivity contribution in [2.75, 3.05) is 0 Å². The molecule has 1 aliphatic rings. The fourth-order valence-corrected chi connectivity index (χ4v) is 1.84. The van der Waals surface area contributed by atoms with Gasteiger partial charge in [-0.05, 0) is 11.1 Å². The third-order valence-corrected chi connectivity index (χ3v) is 2.64. The van der Waals surface area contributed by atoms with Gasteiger partial charge in [-0.1, -0.05) is 48.6 Å². The molecule has 0 saturated heterocycles. The molecule has 60 valence electrons. The lowest BCUT2D eigenvalue weighted by Gasteiger charge is -2.07. The lowest BCUT2D eigenvalue weighted by atomic mass is 10.1. The average molecular weight is 174 g/mol. The number of allylic oxidation sites excluding steroid dienone is 4. The van der Waals surface area contributed by atoms with Crippen LogP contribution in [0.4, 0.5) is 0 Å². The summed E-state index contributed by atoms with van der Waals surface area (Å²) in [4.78, 5) is 0. The molecule has 1 heteroatoms. The minimum Gasteiger partial charge on any atom is -0.126 e. The minimum absolute atomic E-state index is 0.493. The van der Waals surface area contributed by atoms with E-state index in [1.807, 2.05) is 6.07 Å². The van der Waals surface area contributed by atoms with Crippen LogP contribution < -0.4 is 0 Å². The Morgan fingerprint density at radius 2 is 1.83 bits per heavy atom. The van der Waals surface area contributed by atoms with E-state index in [-0.39, 0.29) is 0 Å². The molecule has 0 fully saturated rings. The summed E-state index contributed by atoms with van der Waals surface area (Å²) in [5.74, 6) is 0. The first-order valence-corrected chi connectivity index (χ1v) is 4.74. The van der Waals surface area contributed by atoms with Crippen LogP contribution in [0.15, 0.2) is 48.6 Å². The van der Waals surface area contributed by atoms with E-state index in [9.17, 15) is 0 Å². The Morgan fingerprint density at radius 1 is 1.08 bits per heavy atom. The molecule has 0 heterocycles. The van der Waals surface area contributed by atoms with Crippen LogP contribution in [-0.4, -0.2) is 5.66 Å². The third kappa shape index (κ3) is 1.35. The lowest BCUT2D eigenvalue weighted by Crippen LogP contribution is -1.92. The van der Waals surface area contributed by atoms with Crippen LogP contribution >= 0.6 is 9.24 Å². The molecule has 0 saturated carbocycles. The van der Waals surface area contributed by atoms with Gasteiger partial charge >= 0.3 is 0 Å². The molecule has 0 bridgehead atoms. The normalized spacial score (nSPS) is 21.1. The highest BCUT2D eigenvalue weighted by molar-refractivity contribution is 7.19. The van der Waals surface area contributed by atoms with Crippen LogP contribution in [0.3, 0.4) is 0 Å². The van der Waals surface area contributed by atoms with Gasteiger partial charge in [0, 0.05) is 5.66 Å². The van der Waals surface area contributed by atoms with Gasteiger partial charge in [0.25, 0.3) is 0 Å². The standard InChI is InChI=1S/C11H11P/c12-11-8-4-7-10(11)9-5-2-1-3-6-9/h1-8,11H,12H2. The average Bonchev–Trinajstić information content (AvgIpc) is 2.53. The molecule has 0 aliphatic heterocycles. The highest BCUT2D eigenvalue weighted by Crippen LogP contribution is 2.28. The summed E-state index contributed by atoms with van der Waals surface area (Å²) in [6, 6.07) is 10.5. The quantitative estimate of drug-likeness (QED) is 0.574. The molecule has 1 aromatic carbocycles. The monoisotopic (exact) mass is 174 g/mol. The maximum atomic E-state index is 2.83. The second-order valence-corrected chi connectivity index (χ2v) is 3.62. The van der Waals surface area contributed by atoms with E-state index in [4.69, 9.17) is 0 Å². The highest BCUT2D eigenvalue weighted by atomic mass is 31.0. The summed E-state index contributed by atoms with van der Waals surface area (Å²) in [7, 11) is 2.83. The topological polar surface area (TPSA) is 0 Å². The molecule has 0 N–H and O–H groups in total. The molecule has 2 unspecified atom stereocenters. The van der Waals surface area contributed by atoms with E-state index < -0.39 is 0 Å². The Balaban J connectivity index is 2.34. The minimum atomic E-state index is 0.493. The zero-order chi connectivity index (χ0) is 8.39. The van der Waals surface area contributed by atoms with Gasteiger partial charge in [-0.3, -0.25) is 0 Å². The van der Waals surface area contributed by atoms with Crippen molar-refractivity contribution >= 4 is 14.8 Å². The SMILES string of the molecule is PC1C=CC=C1c1ccccc1. The molecule has 2 atom stereocenters. The molecular formula is C11H11P. The van der Waals surface area contributed by atoms with E-state index in [1.165, 1.54) is 11.1 Å². The van der Waals surface area contributed by atoms with Gasteiger partial charge in [-0.25, -0.2) is 0 Å². The second-order valence-electron chi connectivity index (χ2n) is 2.90. The summed E-state index contributed by atoms with van der Waals surface area (Å²) in [5, 5.41) is 0. The summed E-state index contributed by atoms with van der Waals surface area (Å²) in [6.07, 6.45) is 6.47. The number of hydrogen-bond acceptors (Lipinski definition) is 0. The number of benzene rings is 1. The van der Waals surface area contributed by atoms with Crippen molar-refractivity contribution in [2.24, 2.45) is 0 Å². The number of hydrogen-bond donors (Lipinski definition) is 0. The lowest BCUT2D eigenvalue weighted by molar-refractivity contribution is 1.45. The van der Waals surface area contributed by atoms with Gasteiger partial charge in [0.15, 0.2) is 0 Å². The Labute approximate surface area is 75.2 Å². The van der Waals surface area contributed by atoms with Crippen molar-refractivity contribution < 1.29 is 0 Å². The maximum Gasteiger partial charge on any atom is 0.0172 e. The molecule has 1 aromatic rings. The van der Waals surface area contributed by atoms with Crippen molar-refractivity contribution in [3.05, 3.63) is 54.1 Å². The maximum absolute atomic E-state index is 2.83. The molecule has 12 heavy (non-hydrogen) atoms. The van der Waals surface area contributed by atoms with Gasteiger partial charge in [0.05, 0.1) is 0 Å². The Morgan fingerprint density at radius 3 is 2.42 bits per heavy atom. The molecule has 2 rings (SSSR count). The van der Waals surface area contributed by atoms with Crippen molar-refractivity contribution in [3.63, 3.8) is 0 Å². The highest BCUT2D eigenvalue weighted by Gasteiger charge is 2.10. The molecule has 0 spiro atoms. The molecule has 1 aliphatic carbocycles. The van der Waals surface area contributed by atoms with Crippen LogP contribution in [0.5, 0.6) is 0 Å². The van der Waals surface area contributed by atoms with Crippen LogP contribution in [-0.2, 0) is 0 Å². The van der Waals surface area contributed by atoms with E-state index in [1.54, 1.807) is 0 Å². The second kappa shape index (κ2) is 3.25. The fraction of sp³-hybridized carbons (Fsp3) is 0.0909. The van der Waals surface area contributed by atoms with Crippen molar-refractivity contribution in [2.45, 2.75) is 5.66 Å². The molecule has 0 nitrogen and oxygen atoms in total. The largest absolute Gasteiger partial charge is 0.126 e. The van der Waals surface area contributed by atoms with Crippen molar-refractivity contribution in [3.8, 4) is 0 Å². The first kappa shape index (κ1) is 7.76. The molecule has 0 radical (unpaired) electrons. The predicted molar refractivity (Wildman–Crippen MR) is 57.1 cm³/mol. The Hall–Kier alpha value is -0.870. The summed E-state index contributed by atoms with van der Waals surface area (Å²) < 4.78 is 0. The van der Waals surface area contributed by atoms with Gasteiger partial charge in [0.1, 0.15) is 0 Å². The van der Waals surface area contributed by atoms with Gasteiger partial charge in [0.2, 0.25) is 0 Å². The van der Waals surface area contributed by atoms with Crippen LogP contribution in [0.1, 0.15) is 5.56 Å². The predicted octanol–water partition coefficient (Wildman–Crippen LogP) is 2.88. The van der Waals surface area contributed by atoms with E-state index >= 15 is 0 Å². The van der Waals surface area contributed by atoms with Crippen LogP contribution in [0.2, 0.25) is 0 Å². The summed E-state index contributed by atoms with van der Waals surface area (Å²) in [6.45, 7) is 0. The van der Waals surface area contributed by atoms with Crippen LogP contribution in [0, 0.1) is 0 Å². The van der Waals surface area contributed by atoms with E-state index in [2.05, 4.69) is 51.7 Å². The fourth-order valence-electron chi connectivity index (χ4n) is 1.41. The molecular weight excluding hydrogens is 163 g/mol. The first-order chi connectivity index (χ1) is 5.88. The van der Waals surface area contributed by atoms with E-state index in [0.717, 1.165) is 0 Å². The van der Waals surface area contributed by atoms with Crippen LogP contribution in [0.25, 0.3) is 5.57 Å². The van der Waals surface area contributed by atoms with Gasteiger partial charge < -0.3 is 0 Å². The summed E-state index contributed by atoms with van der Waals surface area (Å²) in [5.41, 5.74) is 3.20. The van der Waals surface area contributed by atoms with Crippen molar-refractivity contribution in [1.82, 2.24) is 0 Å². The Kier molecular flexibility index (Phi) is 2.10. The smallest absolute Gasteiger partial charge is 0.0172 e. The van der Waals surface area contributed by atoms with Crippen molar-refractivity contribution in [1.29, 1.82) is 0 Å². The Bertz CT molecular complexity index is 322. The van der Waals surface area contributed by atoms with Gasteiger partial charge in [-0.15, -0.1) is 9.24 Å². The number of rotatable bonds is 1. The first-order valence-electron chi connectivity index (χ1n) is 4.07. The zero-order valence-corrected chi connectivity index (χ0v) is 7.93. The summed E-state index contributed by atoms with van der Waals surface area (Å²) >= 11 is 0.